The van der Waals surface area contributed by atoms with Gasteiger partial charge in [-0.15, -0.1) is 0 Å². The molecule has 2 aromatic rings. The SMILES string of the molecule is CCOc1ccc(-n2nc(C(=O)OC)c(I)c2C)cc1. The maximum absolute atomic E-state index is 11.6. The zero-order valence-corrected chi connectivity index (χ0v) is 13.7. The first-order valence-electron chi connectivity index (χ1n) is 6.15. The summed E-state index contributed by atoms with van der Waals surface area (Å²) in [5.74, 6) is 0.381. The monoisotopic (exact) mass is 386 g/mol. The van der Waals surface area contributed by atoms with E-state index < -0.39 is 5.97 Å². The molecule has 0 bridgehead atoms. The van der Waals surface area contributed by atoms with Gasteiger partial charge in [-0.3, -0.25) is 0 Å². The van der Waals surface area contributed by atoms with Gasteiger partial charge in [0.1, 0.15) is 5.75 Å². The van der Waals surface area contributed by atoms with Crippen molar-refractivity contribution in [3.63, 3.8) is 0 Å². The van der Waals surface area contributed by atoms with Crippen LogP contribution in [0.3, 0.4) is 0 Å². The summed E-state index contributed by atoms with van der Waals surface area (Å²) in [6.45, 7) is 4.48. The average molecular weight is 386 g/mol. The number of methoxy groups -OCH3 is 1. The molecule has 5 nitrogen and oxygen atoms in total. The van der Waals surface area contributed by atoms with Gasteiger partial charge in [0.05, 0.1) is 28.7 Å². The molecule has 0 aliphatic heterocycles. The van der Waals surface area contributed by atoms with E-state index in [1.54, 1.807) is 4.68 Å². The third kappa shape index (κ3) is 2.79. The molecule has 0 aliphatic carbocycles. The molecule has 0 N–H and O–H groups in total. The van der Waals surface area contributed by atoms with Crippen molar-refractivity contribution in [3.05, 3.63) is 39.2 Å². The molecule has 0 amide bonds. The number of carbonyl (C=O) groups excluding carboxylic acids is 1. The Morgan fingerprint density at radius 2 is 2.00 bits per heavy atom. The summed E-state index contributed by atoms with van der Waals surface area (Å²) in [5.41, 5.74) is 2.11. The van der Waals surface area contributed by atoms with Gasteiger partial charge in [-0.1, -0.05) is 0 Å². The van der Waals surface area contributed by atoms with E-state index in [0.717, 1.165) is 20.7 Å². The minimum absolute atomic E-state index is 0.333. The first kappa shape index (κ1) is 14.8. The molecule has 1 heterocycles. The lowest BCUT2D eigenvalue weighted by Gasteiger charge is -2.06. The summed E-state index contributed by atoms with van der Waals surface area (Å²) in [4.78, 5) is 11.6. The predicted molar refractivity (Wildman–Crippen MR) is 83.5 cm³/mol. The van der Waals surface area contributed by atoms with Gasteiger partial charge in [0.2, 0.25) is 0 Å². The topological polar surface area (TPSA) is 53.4 Å². The number of rotatable bonds is 4. The second-order valence-electron chi connectivity index (χ2n) is 4.08. The zero-order chi connectivity index (χ0) is 14.7. The van der Waals surface area contributed by atoms with Gasteiger partial charge in [-0.25, -0.2) is 9.48 Å². The van der Waals surface area contributed by atoms with E-state index in [2.05, 4.69) is 27.7 Å². The lowest BCUT2D eigenvalue weighted by molar-refractivity contribution is 0.0592. The van der Waals surface area contributed by atoms with Crippen LogP contribution in [0.25, 0.3) is 5.69 Å². The Morgan fingerprint density at radius 3 is 2.55 bits per heavy atom. The lowest BCUT2D eigenvalue weighted by Crippen LogP contribution is -2.05. The number of aromatic nitrogens is 2. The van der Waals surface area contributed by atoms with Gasteiger partial charge in [0.25, 0.3) is 0 Å². The summed E-state index contributed by atoms with van der Waals surface area (Å²) < 4.78 is 12.7. The van der Waals surface area contributed by atoms with Gasteiger partial charge in [0.15, 0.2) is 5.69 Å². The van der Waals surface area contributed by atoms with E-state index in [-0.39, 0.29) is 0 Å². The number of hydrogen-bond donors (Lipinski definition) is 0. The minimum atomic E-state index is -0.429. The molecule has 1 aromatic carbocycles. The summed E-state index contributed by atoms with van der Waals surface area (Å²) in [6.07, 6.45) is 0. The second-order valence-corrected chi connectivity index (χ2v) is 5.16. The van der Waals surface area contributed by atoms with Gasteiger partial charge in [-0.2, -0.15) is 5.10 Å². The van der Waals surface area contributed by atoms with Gasteiger partial charge < -0.3 is 9.47 Å². The number of ether oxygens (including phenoxy) is 2. The lowest BCUT2D eigenvalue weighted by atomic mass is 10.3. The van der Waals surface area contributed by atoms with Crippen molar-refractivity contribution in [2.75, 3.05) is 13.7 Å². The summed E-state index contributed by atoms with van der Waals surface area (Å²) in [6, 6.07) is 7.57. The Kier molecular flexibility index (Phi) is 4.64. The van der Waals surface area contributed by atoms with Crippen LogP contribution in [-0.2, 0) is 4.74 Å². The molecule has 20 heavy (non-hydrogen) atoms. The fourth-order valence-electron chi connectivity index (χ4n) is 1.81. The summed E-state index contributed by atoms with van der Waals surface area (Å²) in [5, 5.41) is 4.32. The van der Waals surface area contributed by atoms with Gasteiger partial charge >= 0.3 is 5.97 Å². The van der Waals surface area contributed by atoms with E-state index in [1.165, 1.54) is 7.11 Å². The molecule has 1 aromatic heterocycles. The number of hydrogen-bond acceptors (Lipinski definition) is 4. The van der Waals surface area contributed by atoms with Crippen LogP contribution in [0.5, 0.6) is 5.75 Å². The van der Waals surface area contributed by atoms with Crippen LogP contribution in [0.1, 0.15) is 23.1 Å². The summed E-state index contributed by atoms with van der Waals surface area (Å²) >= 11 is 2.10. The Bertz CT molecular complexity index is 620. The normalized spacial score (nSPS) is 10.4. The van der Waals surface area contributed by atoms with Crippen LogP contribution in [0.15, 0.2) is 24.3 Å². The maximum atomic E-state index is 11.6. The highest BCUT2D eigenvalue weighted by Crippen LogP contribution is 2.22. The molecule has 0 saturated carbocycles. The predicted octanol–water partition coefficient (Wildman–Crippen LogP) is 2.97. The first-order valence-corrected chi connectivity index (χ1v) is 7.23. The van der Waals surface area contributed by atoms with Crippen LogP contribution < -0.4 is 4.74 Å². The van der Waals surface area contributed by atoms with Gasteiger partial charge in [0, 0.05) is 0 Å². The maximum Gasteiger partial charge on any atom is 0.359 e. The molecule has 2 rings (SSSR count). The molecular formula is C14H15IN2O3. The molecule has 0 spiro atoms. The van der Waals surface area contributed by atoms with E-state index in [0.29, 0.717) is 12.3 Å². The summed E-state index contributed by atoms with van der Waals surface area (Å²) in [7, 11) is 1.35. The fraction of sp³-hybridized carbons (Fsp3) is 0.286. The highest BCUT2D eigenvalue weighted by atomic mass is 127. The fourth-order valence-corrected chi connectivity index (χ4v) is 2.37. The Morgan fingerprint density at radius 1 is 1.35 bits per heavy atom. The Labute approximate surface area is 131 Å². The highest BCUT2D eigenvalue weighted by molar-refractivity contribution is 14.1. The Hall–Kier alpha value is -1.57. The quantitative estimate of drug-likeness (QED) is 0.599. The molecule has 0 saturated heterocycles. The number of halogens is 1. The number of nitrogens with zero attached hydrogens (tertiary/aromatic N) is 2. The third-order valence-electron chi connectivity index (χ3n) is 2.81. The van der Waals surface area contributed by atoms with Crippen molar-refractivity contribution in [3.8, 4) is 11.4 Å². The highest BCUT2D eigenvalue weighted by Gasteiger charge is 2.20. The molecular weight excluding hydrogens is 371 g/mol. The molecule has 0 unspecified atom stereocenters. The molecule has 0 radical (unpaired) electrons. The van der Waals surface area contributed by atoms with Crippen molar-refractivity contribution < 1.29 is 14.3 Å². The molecule has 0 aliphatic rings. The number of carbonyl (C=O) groups is 1. The van der Waals surface area contributed by atoms with Crippen LogP contribution >= 0.6 is 22.6 Å². The number of esters is 1. The third-order valence-corrected chi connectivity index (χ3v) is 4.11. The van der Waals surface area contributed by atoms with Crippen molar-refractivity contribution in [1.82, 2.24) is 9.78 Å². The smallest absolute Gasteiger partial charge is 0.359 e. The van der Waals surface area contributed by atoms with Crippen LogP contribution in [0.2, 0.25) is 0 Å². The minimum Gasteiger partial charge on any atom is -0.494 e. The van der Waals surface area contributed by atoms with E-state index in [9.17, 15) is 4.79 Å². The van der Waals surface area contributed by atoms with E-state index >= 15 is 0 Å². The molecule has 106 valence electrons. The zero-order valence-electron chi connectivity index (χ0n) is 11.5. The largest absolute Gasteiger partial charge is 0.494 e. The van der Waals surface area contributed by atoms with Crippen molar-refractivity contribution >= 4 is 28.6 Å². The molecule has 0 atom stereocenters. The average Bonchev–Trinajstić information content (AvgIpc) is 2.76. The Balaban J connectivity index is 2.40. The first-order chi connectivity index (χ1) is 9.58. The molecule has 0 fully saturated rings. The van der Waals surface area contributed by atoms with Crippen LogP contribution in [-0.4, -0.2) is 29.5 Å². The second kappa shape index (κ2) is 6.25. The standard InChI is InChI=1S/C14H15IN2O3/c1-4-20-11-7-5-10(6-8-11)17-9(2)12(15)13(16-17)14(18)19-3/h5-8H,4H2,1-3H3. The van der Waals surface area contributed by atoms with Crippen LogP contribution in [0, 0.1) is 10.5 Å². The van der Waals surface area contributed by atoms with Gasteiger partial charge in [-0.05, 0) is 60.7 Å². The van der Waals surface area contributed by atoms with E-state index in [4.69, 9.17) is 9.47 Å². The van der Waals surface area contributed by atoms with Crippen LogP contribution in [0.4, 0.5) is 0 Å². The number of benzene rings is 1. The van der Waals surface area contributed by atoms with Crippen molar-refractivity contribution in [2.45, 2.75) is 13.8 Å². The molecule has 6 heteroatoms. The van der Waals surface area contributed by atoms with Crippen molar-refractivity contribution in [1.29, 1.82) is 0 Å². The van der Waals surface area contributed by atoms with Crippen molar-refractivity contribution in [2.24, 2.45) is 0 Å². The van der Waals surface area contributed by atoms with E-state index in [1.807, 2.05) is 38.1 Å².